The molecule has 0 radical (unpaired) electrons. The summed E-state index contributed by atoms with van der Waals surface area (Å²) in [6, 6.07) is 2.43. The average molecular weight is 470 g/mol. The summed E-state index contributed by atoms with van der Waals surface area (Å²) in [5.74, 6) is 2.03. The zero-order valence-electron chi connectivity index (χ0n) is 21.6. The van der Waals surface area contributed by atoms with E-state index in [1.165, 1.54) is 51.4 Å². The molecule has 4 rings (SSSR count). The lowest BCUT2D eigenvalue weighted by Crippen LogP contribution is -2.41. The van der Waals surface area contributed by atoms with Gasteiger partial charge in [-0.2, -0.15) is 9.61 Å². The second-order valence-electron chi connectivity index (χ2n) is 11.3. The Labute approximate surface area is 204 Å². The Bertz CT molecular complexity index is 950. The monoisotopic (exact) mass is 469 g/mol. The topological polar surface area (TPSA) is 71.8 Å². The van der Waals surface area contributed by atoms with Crippen LogP contribution in [0.2, 0.25) is 0 Å². The largest absolute Gasteiger partial charge is 0.443 e. The third-order valence-electron chi connectivity index (χ3n) is 7.14. The van der Waals surface area contributed by atoms with Gasteiger partial charge in [0.1, 0.15) is 17.2 Å². The standard InChI is InChI=1S/C27H43N5O2/c1-20-18-28-32-24(17-23(30-25(20)32)29-22-15-11-8-12-16-22)31(26(33)34-27(2,3)4)19-21-13-9-6-5-7-10-14-21/h17-18,21-22H,5-16,19H2,1-4H3,(H,29,30). The number of anilines is 2. The number of carbonyl (C=O) groups is 1. The van der Waals surface area contributed by atoms with Gasteiger partial charge in [0, 0.05) is 24.2 Å². The normalized spacial score (nSPS) is 18.9. The number of nitrogens with zero attached hydrogens (tertiary/aromatic N) is 4. The molecule has 0 saturated heterocycles. The van der Waals surface area contributed by atoms with E-state index in [0.717, 1.165) is 48.5 Å². The highest BCUT2D eigenvalue weighted by Crippen LogP contribution is 2.30. The number of hydrogen-bond donors (Lipinski definition) is 1. The van der Waals surface area contributed by atoms with Crippen LogP contribution in [0, 0.1) is 12.8 Å². The Hall–Kier alpha value is -2.31. The number of carbonyl (C=O) groups excluding carboxylic acids is 1. The summed E-state index contributed by atoms with van der Waals surface area (Å²) in [6.45, 7) is 8.45. The zero-order valence-corrected chi connectivity index (χ0v) is 21.6. The summed E-state index contributed by atoms with van der Waals surface area (Å²) < 4.78 is 7.72. The lowest BCUT2D eigenvalue weighted by Gasteiger charge is -2.31. The molecule has 0 aromatic carbocycles. The van der Waals surface area contributed by atoms with Gasteiger partial charge in [-0.05, 0) is 59.3 Å². The van der Waals surface area contributed by atoms with Crippen LogP contribution >= 0.6 is 0 Å². The van der Waals surface area contributed by atoms with E-state index < -0.39 is 5.60 Å². The highest BCUT2D eigenvalue weighted by Gasteiger charge is 2.29. The van der Waals surface area contributed by atoms with Gasteiger partial charge in [0.25, 0.3) is 0 Å². The molecule has 0 bridgehead atoms. The number of ether oxygens (including phenoxy) is 1. The maximum atomic E-state index is 13.6. The van der Waals surface area contributed by atoms with E-state index in [1.807, 2.05) is 49.4 Å². The number of amides is 1. The molecule has 0 spiro atoms. The molecule has 7 nitrogen and oxygen atoms in total. The Morgan fingerprint density at radius 2 is 1.68 bits per heavy atom. The molecule has 0 atom stereocenters. The minimum Gasteiger partial charge on any atom is -0.443 e. The quantitative estimate of drug-likeness (QED) is 0.516. The molecular weight excluding hydrogens is 426 g/mol. The van der Waals surface area contributed by atoms with E-state index in [1.54, 1.807) is 0 Å². The van der Waals surface area contributed by atoms with Gasteiger partial charge in [0.15, 0.2) is 5.65 Å². The summed E-state index contributed by atoms with van der Waals surface area (Å²) in [4.78, 5) is 20.3. The number of aryl methyl sites for hydroxylation is 1. The van der Waals surface area contributed by atoms with Crippen LogP contribution in [0.3, 0.4) is 0 Å². The minimum atomic E-state index is -0.564. The lowest BCUT2D eigenvalue weighted by atomic mass is 9.91. The number of nitrogens with one attached hydrogen (secondary N) is 1. The van der Waals surface area contributed by atoms with Crippen molar-refractivity contribution in [2.24, 2.45) is 5.92 Å². The fraction of sp³-hybridized carbons (Fsp3) is 0.741. The van der Waals surface area contributed by atoms with Crippen LogP contribution in [0.25, 0.3) is 5.65 Å². The molecular formula is C27H43N5O2. The Morgan fingerprint density at radius 1 is 1.06 bits per heavy atom. The van der Waals surface area contributed by atoms with E-state index in [9.17, 15) is 4.79 Å². The molecule has 7 heteroatoms. The van der Waals surface area contributed by atoms with Gasteiger partial charge in [-0.3, -0.25) is 4.90 Å². The lowest BCUT2D eigenvalue weighted by molar-refractivity contribution is 0.0571. The van der Waals surface area contributed by atoms with Crippen LogP contribution in [-0.4, -0.2) is 38.9 Å². The van der Waals surface area contributed by atoms with E-state index in [4.69, 9.17) is 9.72 Å². The first-order chi connectivity index (χ1) is 16.3. The molecule has 2 heterocycles. The van der Waals surface area contributed by atoms with E-state index in [2.05, 4.69) is 10.4 Å². The molecule has 2 fully saturated rings. The van der Waals surface area contributed by atoms with Crippen LogP contribution in [0.5, 0.6) is 0 Å². The Balaban J connectivity index is 1.69. The van der Waals surface area contributed by atoms with Gasteiger partial charge in [-0.15, -0.1) is 0 Å². The van der Waals surface area contributed by atoms with Crippen LogP contribution in [0.4, 0.5) is 16.4 Å². The summed E-state index contributed by atoms with van der Waals surface area (Å²) >= 11 is 0. The molecule has 0 unspecified atom stereocenters. The van der Waals surface area contributed by atoms with Gasteiger partial charge in [-0.1, -0.05) is 51.4 Å². The second kappa shape index (κ2) is 11.0. The summed E-state index contributed by atoms with van der Waals surface area (Å²) in [6.07, 6.45) is 16.3. The fourth-order valence-corrected chi connectivity index (χ4v) is 5.34. The van der Waals surface area contributed by atoms with Crippen molar-refractivity contribution < 1.29 is 9.53 Å². The van der Waals surface area contributed by atoms with Crippen LogP contribution in [0.15, 0.2) is 12.3 Å². The molecule has 188 valence electrons. The predicted molar refractivity (Wildman–Crippen MR) is 138 cm³/mol. The zero-order chi connectivity index (χ0) is 24.1. The average Bonchev–Trinajstić information content (AvgIpc) is 3.13. The fourth-order valence-electron chi connectivity index (χ4n) is 5.34. The number of aromatic nitrogens is 3. The summed E-state index contributed by atoms with van der Waals surface area (Å²) in [5, 5.41) is 8.27. The van der Waals surface area contributed by atoms with Crippen molar-refractivity contribution in [3.05, 3.63) is 17.8 Å². The van der Waals surface area contributed by atoms with Crippen molar-refractivity contribution in [3.8, 4) is 0 Å². The van der Waals surface area contributed by atoms with Gasteiger partial charge >= 0.3 is 6.09 Å². The Kier molecular flexibility index (Phi) is 7.99. The molecule has 34 heavy (non-hydrogen) atoms. The first-order valence-corrected chi connectivity index (χ1v) is 13.4. The third-order valence-corrected chi connectivity index (χ3v) is 7.14. The summed E-state index contributed by atoms with van der Waals surface area (Å²) in [7, 11) is 0. The third kappa shape index (κ3) is 6.42. The molecule has 2 aliphatic rings. The Morgan fingerprint density at radius 3 is 2.35 bits per heavy atom. The van der Waals surface area contributed by atoms with Crippen molar-refractivity contribution in [3.63, 3.8) is 0 Å². The molecule has 2 aromatic heterocycles. The smallest absolute Gasteiger partial charge is 0.416 e. The number of hydrogen-bond acceptors (Lipinski definition) is 5. The van der Waals surface area contributed by atoms with E-state index >= 15 is 0 Å². The first-order valence-electron chi connectivity index (χ1n) is 13.4. The van der Waals surface area contributed by atoms with Crippen molar-refractivity contribution in [1.82, 2.24) is 14.6 Å². The molecule has 1 amide bonds. The number of rotatable bonds is 5. The van der Waals surface area contributed by atoms with Gasteiger partial charge in [-0.25, -0.2) is 9.78 Å². The summed E-state index contributed by atoms with van der Waals surface area (Å²) in [5.41, 5.74) is 1.23. The number of fused-ring (bicyclic) bond motifs is 1. The van der Waals surface area contributed by atoms with Crippen molar-refractivity contribution in [2.45, 2.75) is 116 Å². The predicted octanol–water partition coefficient (Wildman–Crippen LogP) is 6.88. The van der Waals surface area contributed by atoms with Crippen LogP contribution < -0.4 is 10.2 Å². The molecule has 0 aliphatic heterocycles. The van der Waals surface area contributed by atoms with E-state index in [-0.39, 0.29) is 6.09 Å². The van der Waals surface area contributed by atoms with Gasteiger partial charge in [0.05, 0.1) is 6.20 Å². The molecule has 2 aromatic rings. The van der Waals surface area contributed by atoms with E-state index in [0.29, 0.717) is 18.5 Å². The highest BCUT2D eigenvalue weighted by molar-refractivity contribution is 5.88. The van der Waals surface area contributed by atoms with Crippen molar-refractivity contribution in [1.29, 1.82) is 0 Å². The van der Waals surface area contributed by atoms with Crippen molar-refractivity contribution >= 4 is 23.4 Å². The van der Waals surface area contributed by atoms with Gasteiger partial charge in [0.2, 0.25) is 0 Å². The van der Waals surface area contributed by atoms with Crippen LogP contribution in [-0.2, 0) is 4.74 Å². The van der Waals surface area contributed by atoms with Crippen LogP contribution in [0.1, 0.15) is 103 Å². The molecule has 2 aliphatic carbocycles. The van der Waals surface area contributed by atoms with Gasteiger partial charge < -0.3 is 10.1 Å². The minimum absolute atomic E-state index is 0.307. The second-order valence-corrected chi connectivity index (χ2v) is 11.3. The first kappa shape index (κ1) is 24.8. The molecule has 1 N–H and O–H groups in total. The highest BCUT2D eigenvalue weighted by atomic mass is 16.6. The maximum absolute atomic E-state index is 13.6. The maximum Gasteiger partial charge on any atom is 0.416 e. The van der Waals surface area contributed by atoms with Crippen molar-refractivity contribution in [2.75, 3.05) is 16.8 Å². The molecule has 2 saturated carbocycles. The SMILES string of the molecule is Cc1cnn2c(N(CC3CCCCCCC3)C(=O)OC(C)(C)C)cc(NC3CCCCC3)nc12.